The molecule has 0 spiro atoms. The highest BCUT2D eigenvalue weighted by atomic mass is 79.9. The Balaban J connectivity index is 0.00000182. The molecule has 0 saturated heterocycles. The van der Waals surface area contributed by atoms with Crippen molar-refractivity contribution >= 4 is 38.3 Å². The molecule has 2 N–H and O–H groups in total. The Morgan fingerprint density at radius 2 is 1.93 bits per heavy atom. The number of benzene rings is 2. The Morgan fingerprint density at radius 1 is 1.22 bits per heavy atom. The molecular formula is C18H16Br2N2O5. The average molecular weight is 500 g/mol. The topological polar surface area (TPSA) is 105 Å². The van der Waals surface area contributed by atoms with Crippen LogP contribution in [0.25, 0.3) is 10.9 Å². The standard InChI is InChI=1S/C18H14BrN2O4.BrH.H2O/c1-25-18-7-6-13(9-16(18)21(23)24)17(22)11-20-10-14(19)8-12-4-2-3-5-15(12)20;;/h2-10H,11H2,1H3;1H;1H2/q+1;;/p-1. The zero-order valence-corrected chi connectivity index (χ0v) is 17.4. The Labute approximate surface area is 173 Å². The van der Waals surface area contributed by atoms with Crippen LogP contribution in [0, 0.1) is 10.1 Å². The van der Waals surface area contributed by atoms with Crippen LogP contribution in [0.3, 0.4) is 0 Å². The monoisotopic (exact) mass is 498 g/mol. The summed E-state index contributed by atoms with van der Waals surface area (Å²) in [6.07, 6.45) is 1.82. The third-order valence-corrected chi connectivity index (χ3v) is 4.26. The molecule has 7 nitrogen and oxygen atoms in total. The average Bonchev–Trinajstić information content (AvgIpc) is 2.60. The van der Waals surface area contributed by atoms with E-state index in [0.717, 1.165) is 15.4 Å². The number of carbonyl (C=O) groups is 1. The van der Waals surface area contributed by atoms with E-state index >= 15 is 0 Å². The molecule has 0 aliphatic rings. The van der Waals surface area contributed by atoms with Crippen LogP contribution in [0.5, 0.6) is 5.75 Å². The summed E-state index contributed by atoms with van der Waals surface area (Å²) >= 11 is 3.44. The van der Waals surface area contributed by atoms with Crippen LogP contribution in [0.4, 0.5) is 5.69 Å². The Morgan fingerprint density at radius 3 is 2.59 bits per heavy atom. The fourth-order valence-electron chi connectivity index (χ4n) is 2.66. The molecule has 0 bridgehead atoms. The minimum Gasteiger partial charge on any atom is -1.00 e. The maximum Gasteiger partial charge on any atom is 0.311 e. The SMILES string of the molecule is COc1ccc(C(=O)C[n+]2cc(Br)cc3ccccc32)cc1[N+](=O)[O-].O.[Br-]. The lowest BCUT2D eigenvalue weighted by molar-refractivity contribution is -0.657. The van der Waals surface area contributed by atoms with Gasteiger partial charge in [0.25, 0.3) is 0 Å². The summed E-state index contributed by atoms with van der Waals surface area (Å²) in [6.45, 7) is 0.0729. The number of ketones is 1. The molecule has 0 atom stereocenters. The molecule has 0 fully saturated rings. The van der Waals surface area contributed by atoms with Crippen molar-refractivity contribution in [3.8, 4) is 5.75 Å². The number of hydrogen-bond acceptors (Lipinski definition) is 4. The van der Waals surface area contributed by atoms with Gasteiger partial charge in [0.1, 0.15) is 0 Å². The summed E-state index contributed by atoms with van der Waals surface area (Å²) in [5, 5.41) is 12.1. The molecule has 0 aliphatic heterocycles. The van der Waals surface area contributed by atoms with Gasteiger partial charge >= 0.3 is 5.69 Å². The quantitative estimate of drug-likeness (QED) is 0.211. The first-order chi connectivity index (χ1) is 12.0. The van der Waals surface area contributed by atoms with Crippen LogP contribution >= 0.6 is 15.9 Å². The predicted octanol–water partition coefficient (Wildman–Crippen LogP) is -0.131. The summed E-state index contributed by atoms with van der Waals surface area (Å²) in [5.41, 5.74) is 0.948. The number of rotatable bonds is 5. The number of para-hydroxylation sites is 1. The first-order valence-corrected chi connectivity index (χ1v) is 8.22. The van der Waals surface area contributed by atoms with Crippen molar-refractivity contribution in [3.63, 3.8) is 0 Å². The second-order valence-electron chi connectivity index (χ2n) is 5.41. The van der Waals surface area contributed by atoms with E-state index in [2.05, 4.69) is 15.9 Å². The van der Waals surface area contributed by atoms with E-state index < -0.39 is 4.92 Å². The van der Waals surface area contributed by atoms with Gasteiger partial charge in [-0.2, -0.15) is 4.57 Å². The maximum atomic E-state index is 12.6. The highest BCUT2D eigenvalue weighted by Gasteiger charge is 2.21. The van der Waals surface area contributed by atoms with Crippen LogP contribution < -0.4 is 26.3 Å². The highest BCUT2D eigenvalue weighted by molar-refractivity contribution is 9.10. The molecule has 1 aromatic heterocycles. The number of aromatic nitrogens is 1. The van der Waals surface area contributed by atoms with E-state index in [0.29, 0.717) is 0 Å². The number of methoxy groups -OCH3 is 1. The molecule has 3 rings (SSSR count). The summed E-state index contributed by atoms with van der Waals surface area (Å²) < 4.78 is 7.63. The van der Waals surface area contributed by atoms with E-state index in [1.807, 2.05) is 41.1 Å². The number of nitro benzene ring substituents is 1. The smallest absolute Gasteiger partial charge is 0.311 e. The third kappa shape index (κ3) is 4.88. The molecule has 1 heterocycles. The zero-order chi connectivity index (χ0) is 18.0. The number of halogens is 2. The lowest BCUT2D eigenvalue weighted by Crippen LogP contribution is -3.00. The van der Waals surface area contributed by atoms with Gasteiger partial charge in [0.15, 0.2) is 11.9 Å². The van der Waals surface area contributed by atoms with Gasteiger partial charge in [0, 0.05) is 23.1 Å². The van der Waals surface area contributed by atoms with Gasteiger partial charge in [-0.25, -0.2) is 0 Å². The van der Waals surface area contributed by atoms with Crippen molar-refractivity contribution < 1.29 is 41.5 Å². The largest absolute Gasteiger partial charge is 1.00 e. The molecule has 0 saturated carbocycles. The van der Waals surface area contributed by atoms with Crippen LogP contribution in [0.2, 0.25) is 0 Å². The third-order valence-electron chi connectivity index (χ3n) is 3.83. The minimum absolute atomic E-state index is 0. The van der Waals surface area contributed by atoms with Gasteiger partial charge in [-0.15, -0.1) is 0 Å². The minimum atomic E-state index is -0.558. The molecule has 142 valence electrons. The molecule has 0 unspecified atom stereocenters. The zero-order valence-electron chi connectivity index (χ0n) is 14.2. The maximum absolute atomic E-state index is 12.6. The van der Waals surface area contributed by atoms with Crippen molar-refractivity contribution in [2.75, 3.05) is 7.11 Å². The number of hydrogen-bond donors (Lipinski definition) is 0. The van der Waals surface area contributed by atoms with Gasteiger partial charge in [-0.1, -0.05) is 12.1 Å². The Hall–Kier alpha value is -2.36. The normalized spacial score (nSPS) is 9.85. The Bertz CT molecular complexity index is 995. The van der Waals surface area contributed by atoms with Crippen molar-refractivity contribution in [3.05, 3.63) is 74.9 Å². The fourth-order valence-corrected chi connectivity index (χ4v) is 3.15. The fraction of sp³-hybridized carbons (Fsp3) is 0.111. The molecular weight excluding hydrogens is 484 g/mol. The first kappa shape index (κ1) is 22.7. The molecule has 27 heavy (non-hydrogen) atoms. The van der Waals surface area contributed by atoms with E-state index in [9.17, 15) is 14.9 Å². The number of nitrogens with zero attached hydrogens (tertiary/aromatic N) is 2. The van der Waals surface area contributed by atoms with Crippen LogP contribution in [-0.4, -0.2) is 23.3 Å². The van der Waals surface area contributed by atoms with E-state index in [1.54, 1.807) is 0 Å². The van der Waals surface area contributed by atoms with Crippen molar-refractivity contribution in [2.45, 2.75) is 6.54 Å². The van der Waals surface area contributed by atoms with Crippen molar-refractivity contribution in [1.29, 1.82) is 0 Å². The molecule has 0 radical (unpaired) electrons. The van der Waals surface area contributed by atoms with Gasteiger partial charge in [-0.3, -0.25) is 14.9 Å². The lowest BCUT2D eigenvalue weighted by atomic mass is 10.1. The molecule has 2 aromatic carbocycles. The second-order valence-corrected chi connectivity index (χ2v) is 6.33. The number of Topliss-reactive ketones (excluding diaryl/α,β-unsaturated/α-hetero) is 1. The summed E-state index contributed by atoms with van der Waals surface area (Å²) in [6, 6.07) is 13.9. The van der Waals surface area contributed by atoms with Crippen molar-refractivity contribution in [1.82, 2.24) is 0 Å². The molecule has 9 heteroatoms. The number of nitro groups is 1. The van der Waals surface area contributed by atoms with E-state index in [-0.39, 0.29) is 51.8 Å². The summed E-state index contributed by atoms with van der Waals surface area (Å²) in [5.74, 6) is -0.0962. The van der Waals surface area contributed by atoms with Gasteiger partial charge in [0.05, 0.1) is 16.5 Å². The van der Waals surface area contributed by atoms with Gasteiger partial charge < -0.3 is 27.2 Å². The first-order valence-electron chi connectivity index (χ1n) is 7.43. The van der Waals surface area contributed by atoms with E-state index in [1.165, 1.54) is 25.3 Å². The number of ether oxygens (including phenoxy) is 1. The highest BCUT2D eigenvalue weighted by Crippen LogP contribution is 2.27. The Kier molecular flexibility index (Phi) is 8.01. The second kappa shape index (κ2) is 9.54. The van der Waals surface area contributed by atoms with Crippen LogP contribution in [0.1, 0.15) is 10.4 Å². The number of pyridine rings is 1. The number of carbonyl (C=O) groups excluding carboxylic acids is 1. The van der Waals surface area contributed by atoms with Crippen LogP contribution in [0.15, 0.2) is 59.2 Å². The van der Waals surface area contributed by atoms with Gasteiger partial charge in [-0.05, 0) is 40.2 Å². The predicted molar refractivity (Wildman–Crippen MR) is 99.4 cm³/mol. The molecule has 0 aliphatic carbocycles. The number of fused-ring (bicyclic) bond motifs is 1. The van der Waals surface area contributed by atoms with Crippen LogP contribution in [-0.2, 0) is 6.54 Å². The summed E-state index contributed by atoms with van der Waals surface area (Å²) in [7, 11) is 1.35. The van der Waals surface area contributed by atoms with E-state index in [4.69, 9.17) is 4.74 Å². The molecule has 3 aromatic rings. The van der Waals surface area contributed by atoms with Gasteiger partial charge in [0.2, 0.25) is 17.8 Å². The molecule has 0 amide bonds. The summed E-state index contributed by atoms with van der Waals surface area (Å²) in [4.78, 5) is 23.2. The lowest BCUT2D eigenvalue weighted by Gasteiger charge is -2.05. The van der Waals surface area contributed by atoms with Crippen molar-refractivity contribution in [2.24, 2.45) is 0 Å².